The van der Waals surface area contributed by atoms with Crippen LogP contribution >= 0.6 is 0 Å². The first kappa shape index (κ1) is 63.8. The number of carbonyl (C=O) groups excluding carboxylic acids is 2. The molecule has 0 fully saturated rings. The molecule has 0 rings (SSSR count). The van der Waals surface area contributed by atoms with Crippen LogP contribution in [0.5, 0.6) is 0 Å². The van der Waals surface area contributed by atoms with Crippen molar-refractivity contribution in [1.29, 1.82) is 0 Å². The van der Waals surface area contributed by atoms with Gasteiger partial charge in [0.25, 0.3) is 0 Å². The summed E-state index contributed by atoms with van der Waals surface area (Å²) in [6.45, 7) is 6.33. The van der Waals surface area contributed by atoms with Crippen LogP contribution in [0.2, 0.25) is 0 Å². The first-order chi connectivity index (χ1) is 33.0. The van der Waals surface area contributed by atoms with E-state index in [0.29, 0.717) is 25.7 Å². The Morgan fingerprint density at radius 1 is 0.448 bits per heavy atom. The van der Waals surface area contributed by atoms with Gasteiger partial charge in [-0.05, 0) is 103 Å². The Bertz CT molecular complexity index is 1320. The minimum atomic E-state index is -0.810. The lowest BCUT2D eigenvalue weighted by molar-refractivity contribution is -0.151. The fourth-order valence-electron chi connectivity index (χ4n) is 7.94. The highest BCUT2D eigenvalue weighted by molar-refractivity contribution is 5.77. The van der Waals surface area contributed by atoms with Gasteiger partial charge < -0.3 is 20.3 Å². The summed E-state index contributed by atoms with van der Waals surface area (Å²) >= 11 is 0. The predicted octanol–water partition coefficient (Wildman–Crippen LogP) is 17.3. The molecule has 3 unspecified atom stereocenters. The molecule has 0 aliphatic heterocycles. The van der Waals surface area contributed by atoms with E-state index in [2.05, 4.69) is 123 Å². The summed E-state index contributed by atoms with van der Waals surface area (Å²) in [6, 6.07) is -0.727. The second-order valence-corrected chi connectivity index (χ2v) is 18.6. The van der Waals surface area contributed by atoms with Crippen molar-refractivity contribution in [2.45, 2.75) is 270 Å². The number of amides is 1. The van der Waals surface area contributed by atoms with Crippen molar-refractivity contribution in [1.82, 2.24) is 5.32 Å². The van der Waals surface area contributed by atoms with Crippen LogP contribution in [0.4, 0.5) is 0 Å². The van der Waals surface area contributed by atoms with Gasteiger partial charge in [0.15, 0.2) is 0 Å². The zero-order chi connectivity index (χ0) is 48.8. The number of unbranched alkanes of at least 4 members (excludes halogenated alkanes) is 21. The van der Waals surface area contributed by atoms with Gasteiger partial charge in [0, 0.05) is 6.42 Å². The van der Waals surface area contributed by atoms with E-state index in [4.69, 9.17) is 4.74 Å². The van der Waals surface area contributed by atoms with Crippen LogP contribution in [0.1, 0.15) is 252 Å². The molecule has 6 nitrogen and oxygen atoms in total. The number of carbonyl (C=O) groups is 2. The number of hydrogen-bond donors (Lipinski definition) is 3. The Kier molecular flexibility index (Phi) is 51.1. The van der Waals surface area contributed by atoms with E-state index < -0.39 is 18.2 Å². The summed E-state index contributed by atoms with van der Waals surface area (Å²) in [5, 5.41) is 23.8. The first-order valence-corrected chi connectivity index (χ1v) is 28.0. The molecule has 384 valence electrons. The van der Waals surface area contributed by atoms with Crippen molar-refractivity contribution in [3.63, 3.8) is 0 Å². The highest BCUT2D eigenvalue weighted by Crippen LogP contribution is 2.17. The van der Waals surface area contributed by atoms with Gasteiger partial charge in [-0.25, -0.2) is 0 Å². The number of rotatable bonds is 49. The Morgan fingerprint density at radius 2 is 0.806 bits per heavy atom. The topological polar surface area (TPSA) is 95.9 Å². The smallest absolute Gasteiger partial charge is 0.306 e. The number of aliphatic hydroxyl groups is 2. The van der Waals surface area contributed by atoms with Gasteiger partial charge in [0.2, 0.25) is 5.91 Å². The van der Waals surface area contributed by atoms with Crippen molar-refractivity contribution in [3.05, 3.63) is 97.2 Å². The van der Waals surface area contributed by atoms with Crippen molar-refractivity contribution in [2.75, 3.05) is 6.61 Å². The lowest BCUT2D eigenvalue weighted by Crippen LogP contribution is -2.46. The number of nitrogens with one attached hydrogen (secondary N) is 1. The molecular formula is C61H105NO5. The molecule has 0 aliphatic rings. The summed E-state index contributed by atoms with van der Waals surface area (Å²) in [7, 11) is 0. The van der Waals surface area contributed by atoms with Crippen molar-refractivity contribution in [3.8, 4) is 0 Å². The van der Waals surface area contributed by atoms with Gasteiger partial charge in [-0.3, -0.25) is 9.59 Å². The van der Waals surface area contributed by atoms with Gasteiger partial charge in [-0.15, -0.1) is 0 Å². The van der Waals surface area contributed by atoms with Gasteiger partial charge in [-0.1, -0.05) is 234 Å². The third kappa shape index (κ3) is 49.0. The van der Waals surface area contributed by atoms with E-state index in [1.807, 2.05) is 0 Å². The lowest BCUT2D eigenvalue weighted by atomic mass is 10.0. The Hall–Kier alpha value is -3.22. The molecule has 1 amide bonds. The molecule has 3 atom stereocenters. The fourth-order valence-corrected chi connectivity index (χ4v) is 7.94. The molecule has 0 radical (unpaired) electrons. The Balaban J connectivity index is 4.73. The third-order valence-corrected chi connectivity index (χ3v) is 12.1. The summed E-state index contributed by atoms with van der Waals surface area (Å²) in [5.41, 5.74) is 0. The zero-order valence-electron chi connectivity index (χ0n) is 43.8. The molecule has 0 heterocycles. The van der Waals surface area contributed by atoms with Crippen molar-refractivity contribution < 1.29 is 24.5 Å². The standard InChI is InChI=1S/C61H105NO5/c1-4-7-10-13-16-19-22-25-28-30-32-34-37-40-43-46-49-52-57(67-61(66)54-51-48-45-42-39-36-33-31-29-26-23-20-17-14-11-8-5-2)55-60(65)62-58(56-63)59(64)53-50-47-44-41-38-35-27-24-21-18-15-12-9-6-3/h8,11,16-17,19-20,25-26,28-29,32-34,36,42,45,57-59,63-64H,4-7,9-10,12-15,18,21-24,27,30-31,35,37-41,43-44,46-56H2,1-3H3,(H,62,65)/b11-8-,19-16-,20-17-,28-25-,29-26-,34-32-,36-33-,45-42-. The predicted molar refractivity (Wildman–Crippen MR) is 291 cm³/mol. The molecule has 0 saturated carbocycles. The number of aliphatic hydroxyl groups excluding tert-OH is 2. The van der Waals surface area contributed by atoms with E-state index >= 15 is 0 Å². The van der Waals surface area contributed by atoms with E-state index in [-0.39, 0.29) is 24.9 Å². The molecule has 0 saturated heterocycles. The average molecular weight is 933 g/mol. The van der Waals surface area contributed by atoms with E-state index in [9.17, 15) is 19.8 Å². The lowest BCUT2D eigenvalue weighted by Gasteiger charge is -2.24. The molecular weight excluding hydrogens is 827 g/mol. The van der Waals surface area contributed by atoms with Crippen LogP contribution in [0.15, 0.2) is 97.2 Å². The molecule has 0 aromatic carbocycles. The van der Waals surface area contributed by atoms with Gasteiger partial charge in [-0.2, -0.15) is 0 Å². The molecule has 0 aromatic heterocycles. The first-order valence-electron chi connectivity index (χ1n) is 28.0. The second kappa shape index (κ2) is 53.7. The zero-order valence-corrected chi connectivity index (χ0v) is 43.8. The number of ether oxygens (including phenoxy) is 1. The monoisotopic (exact) mass is 932 g/mol. The van der Waals surface area contributed by atoms with Crippen LogP contribution in [0.25, 0.3) is 0 Å². The van der Waals surface area contributed by atoms with Gasteiger partial charge in [0.05, 0.1) is 25.2 Å². The number of hydrogen-bond acceptors (Lipinski definition) is 5. The van der Waals surface area contributed by atoms with Crippen LogP contribution in [0.3, 0.4) is 0 Å². The van der Waals surface area contributed by atoms with E-state index in [1.165, 1.54) is 96.3 Å². The molecule has 67 heavy (non-hydrogen) atoms. The highest BCUT2D eigenvalue weighted by atomic mass is 16.5. The molecule has 0 aliphatic carbocycles. The Labute approximate surface area is 414 Å². The maximum absolute atomic E-state index is 13.3. The second-order valence-electron chi connectivity index (χ2n) is 18.6. The fraction of sp³-hybridized carbons (Fsp3) is 0.705. The Morgan fingerprint density at radius 3 is 1.25 bits per heavy atom. The summed E-state index contributed by atoms with van der Waals surface area (Å²) in [4.78, 5) is 26.2. The van der Waals surface area contributed by atoms with Gasteiger partial charge >= 0.3 is 5.97 Å². The number of allylic oxidation sites excluding steroid dienone is 16. The highest BCUT2D eigenvalue weighted by Gasteiger charge is 2.24. The van der Waals surface area contributed by atoms with Crippen LogP contribution in [-0.4, -0.2) is 46.9 Å². The minimum absolute atomic E-state index is 0.0352. The van der Waals surface area contributed by atoms with Crippen molar-refractivity contribution >= 4 is 11.9 Å². The summed E-state index contributed by atoms with van der Waals surface area (Å²) in [6.07, 6.45) is 71.8. The molecule has 0 spiro atoms. The quantitative estimate of drug-likeness (QED) is 0.0321. The number of esters is 1. The molecule has 0 bridgehead atoms. The SMILES string of the molecule is CC/C=C\C/C=C\C/C=C\C/C=C\C/C=C\CCCC(=O)OC(CCCCCC/C=C\C/C=C\C/C=C\CCCCC)CC(=O)NC(CO)C(O)CCCCCCCCCCCCCCCC. The summed E-state index contributed by atoms with van der Waals surface area (Å²) < 4.78 is 5.92. The summed E-state index contributed by atoms with van der Waals surface area (Å²) in [5.74, 6) is -0.568. The third-order valence-electron chi connectivity index (χ3n) is 12.1. The maximum atomic E-state index is 13.3. The minimum Gasteiger partial charge on any atom is -0.462 e. The average Bonchev–Trinajstić information content (AvgIpc) is 3.32. The van der Waals surface area contributed by atoms with E-state index in [1.54, 1.807) is 0 Å². The molecule has 6 heteroatoms. The van der Waals surface area contributed by atoms with E-state index in [0.717, 1.165) is 103 Å². The normalized spacial score (nSPS) is 13.9. The van der Waals surface area contributed by atoms with Crippen LogP contribution in [0, 0.1) is 0 Å². The van der Waals surface area contributed by atoms with Gasteiger partial charge in [0.1, 0.15) is 6.10 Å². The molecule has 3 N–H and O–H groups in total. The van der Waals surface area contributed by atoms with Crippen molar-refractivity contribution in [2.24, 2.45) is 0 Å². The van der Waals surface area contributed by atoms with Crippen LogP contribution in [-0.2, 0) is 14.3 Å². The van der Waals surface area contributed by atoms with Crippen LogP contribution < -0.4 is 5.32 Å². The largest absolute Gasteiger partial charge is 0.462 e. The maximum Gasteiger partial charge on any atom is 0.306 e. The molecule has 0 aromatic rings.